The van der Waals surface area contributed by atoms with E-state index in [0.717, 1.165) is 23.3 Å². The second-order valence-corrected chi connectivity index (χ2v) is 7.67. The van der Waals surface area contributed by atoms with E-state index in [4.69, 9.17) is 4.74 Å². The summed E-state index contributed by atoms with van der Waals surface area (Å²) < 4.78 is 33.4. The maximum absolute atomic E-state index is 12.9. The van der Waals surface area contributed by atoms with E-state index in [1.54, 1.807) is 12.1 Å². The average molecular weight is 398 g/mol. The summed E-state index contributed by atoms with van der Waals surface area (Å²) in [7, 11) is -2.75. The van der Waals surface area contributed by atoms with Gasteiger partial charge in [-0.3, -0.25) is 14.8 Å². The summed E-state index contributed by atoms with van der Waals surface area (Å²) in [5.41, 5.74) is 2.03. The third-order valence-electron chi connectivity index (χ3n) is 4.15. The van der Waals surface area contributed by atoms with Crippen LogP contribution in [0.1, 0.15) is 11.1 Å². The van der Waals surface area contributed by atoms with Crippen LogP contribution in [0.15, 0.2) is 77.7 Å². The normalized spacial score (nSPS) is 11.0. The molecule has 0 aliphatic heterocycles. The summed E-state index contributed by atoms with van der Waals surface area (Å²) in [6.45, 7) is 0. The van der Waals surface area contributed by atoms with E-state index in [-0.39, 0.29) is 16.3 Å². The molecule has 0 fully saturated rings. The van der Waals surface area contributed by atoms with Gasteiger partial charge in [0.15, 0.2) is 0 Å². The van der Waals surface area contributed by atoms with Crippen LogP contribution in [0.2, 0.25) is 0 Å². The third-order valence-corrected chi connectivity index (χ3v) is 5.55. The van der Waals surface area contributed by atoms with Crippen molar-refractivity contribution in [1.82, 2.24) is 0 Å². The number of rotatable bonds is 7. The largest absolute Gasteiger partial charge is 0.495 e. The first-order chi connectivity index (χ1) is 13.4. The van der Waals surface area contributed by atoms with E-state index in [2.05, 4.69) is 4.72 Å². The standard InChI is InChI=1S/C20H18N2O5S/c1-27-19-14-17(22(23)24)11-12-20(19)28(25,26)21-18-10-6-5-9-16(18)13-15-7-3-2-4-8-15/h2-12,14,21H,13H2,1H3. The van der Waals surface area contributed by atoms with Gasteiger partial charge in [-0.05, 0) is 29.7 Å². The molecular weight excluding hydrogens is 380 g/mol. The summed E-state index contributed by atoms with van der Waals surface area (Å²) in [6.07, 6.45) is 0.553. The number of hydrogen-bond donors (Lipinski definition) is 1. The molecule has 3 aromatic carbocycles. The lowest BCUT2D eigenvalue weighted by Gasteiger charge is -2.14. The van der Waals surface area contributed by atoms with E-state index in [1.807, 2.05) is 42.5 Å². The fourth-order valence-corrected chi connectivity index (χ4v) is 4.03. The molecule has 0 saturated heterocycles. The van der Waals surface area contributed by atoms with Gasteiger partial charge in [0.25, 0.3) is 15.7 Å². The Bertz CT molecular complexity index is 1100. The quantitative estimate of drug-likeness (QED) is 0.479. The molecule has 0 bridgehead atoms. The Morgan fingerprint density at radius 2 is 1.68 bits per heavy atom. The molecule has 7 nitrogen and oxygen atoms in total. The maximum atomic E-state index is 12.9. The van der Waals surface area contributed by atoms with Crippen LogP contribution >= 0.6 is 0 Å². The molecule has 28 heavy (non-hydrogen) atoms. The molecule has 0 aliphatic rings. The first kappa shape index (κ1) is 19.4. The highest BCUT2D eigenvalue weighted by Crippen LogP contribution is 2.30. The molecular formula is C20H18N2O5S. The Balaban J connectivity index is 1.94. The van der Waals surface area contributed by atoms with Crippen LogP contribution in [-0.2, 0) is 16.4 Å². The maximum Gasteiger partial charge on any atom is 0.273 e. The Hall–Kier alpha value is -3.39. The van der Waals surface area contributed by atoms with Gasteiger partial charge in [0.2, 0.25) is 0 Å². The minimum atomic E-state index is -4.01. The predicted molar refractivity (Wildman–Crippen MR) is 106 cm³/mol. The van der Waals surface area contributed by atoms with E-state index in [1.165, 1.54) is 13.2 Å². The number of anilines is 1. The van der Waals surface area contributed by atoms with Gasteiger partial charge in [-0.1, -0.05) is 48.5 Å². The Morgan fingerprint density at radius 1 is 1.00 bits per heavy atom. The molecule has 0 saturated carbocycles. The first-order valence-corrected chi connectivity index (χ1v) is 9.86. The Labute approximate surface area is 162 Å². The topological polar surface area (TPSA) is 98.5 Å². The van der Waals surface area contributed by atoms with Crippen LogP contribution in [0.5, 0.6) is 5.75 Å². The molecule has 0 aliphatic carbocycles. The van der Waals surface area contributed by atoms with Crippen LogP contribution in [0.3, 0.4) is 0 Å². The molecule has 3 aromatic rings. The minimum Gasteiger partial charge on any atom is -0.495 e. The molecule has 0 heterocycles. The van der Waals surface area contributed by atoms with Gasteiger partial charge in [0.1, 0.15) is 10.6 Å². The molecule has 0 amide bonds. The smallest absolute Gasteiger partial charge is 0.273 e. The van der Waals surface area contributed by atoms with Gasteiger partial charge in [0, 0.05) is 6.07 Å². The summed E-state index contributed by atoms with van der Waals surface area (Å²) >= 11 is 0. The van der Waals surface area contributed by atoms with Gasteiger partial charge in [0.05, 0.1) is 23.8 Å². The molecule has 0 spiro atoms. The van der Waals surface area contributed by atoms with Crippen LogP contribution in [0, 0.1) is 10.1 Å². The second kappa shape index (κ2) is 8.10. The highest BCUT2D eigenvalue weighted by atomic mass is 32.2. The molecule has 0 atom stereocenters. The predicted octanol–water partition coefficient (Wildman–Crippen LogP) is 4.00. The van der Waals surface area contributed by atoms with Crippen LogP contribution in [-0.4, -0.2) is 20.5 Å². The molecule has 0 radical (unpaired) electrons. The van der Waals surface area contributed by atoms with Crippen molar-refractivity contribution in [1.29, 1.82) is 0 Å². The summed E-state index contributed by atoms with van der Waals surface area (Å²) in [6, 6.07) is 20.2. The van der Waals surface area contributed by atoms with Gasteiger partial charge in [-0.2, -0.15) is 0 Å². The summed E-state index contributed by atoms with van der Waals surface area (Å²) in [5.74, 6) is -0.0951. The highest BCUT2D eigenvalue weighted by Gasteiger charge is 2.23. The van der Waals surface area contributed by atoms with Crippen LogP contribution in [0.4, 0.5) is 11.4 Å². The lowest BCUT2D eigenvalue weighted by Crippen LogP contribution is -2.15. The number of sulfonamides is 1. The van der Waals surface area contributed by atoms with Crippen molar-refractivity contribution < 1.29 is 18.1 Å². The lowest BCUT2D eigenvalue weighted by molar-refractivity contribution is -0.385. The number of nitrogens with zero attached hydrogens (tertiary/aromatic N) is 1. The van der Waals surface area contributed by atoms with Crippen molar-refractivity contribution in [3.63, 3.8) is 0 Å². The number of non-ortho nitro benzene ring substituents is 1. The van der Waals surface area contributed by atoms with Crippen molar-refractivity contribution in [2.45, 2.75) is 11.3 Å². The van der Waals surface area contributed by atoms with Gasteiger partial charge in [-0.15, -0.1) is 0 Å². The zero-order valence-electron chi connectivity index (χ0n) is 15.0. The van der Waals surface area contributed by atoms with Crippen molar-refractivity contribution >= 4 is 21.4 Å². The second-order valence-electron chi connectivity index (χ2n) is 6.02. The van der Waals surface area contributed by atoms with E-state index in [0.29, 0.717) is 12.1 Å². The van der Waals surface area contributed by atoms with Crippen LogP contribution in [0.25, 0.3) is 0 Å². The van der Waals surface area contributed by atoms with Crippen molar-refractivity contribution in [3.8, 4) is 5.75 Å². The minimum absolute atomic E-state index is 0.0951. The monoisotopic (exact) mass is 398 g/mol. The molecule has 8 heteroatoms. The number of benzene rings is 3. The highest BCUT2D eigenvalue weighted by molar-refractivity contribution is 7.92. The number of methoxy groups -OCH3 is 1. The van der Waals surface area contributed by atoms with Gasteiger partial charge < -0.3 is 4.74 Å². The number of nitro groups is 1. The van der Waals surface area contributed by atoms with Crippen molar-refractivity contribution in [3.05, 3.63) is 94.0 Å². The number of hydrogen-bond acceptors (Lipinski definition) is 5. The SMILES string of the molecule is COc1cc([N+](=O)[O-])ccc1S(=O)(=O)Nc1ccccc1Cc1ccccc1. The number of nitro benzene ring substituents is 1. The Morgan fingerprint density at radius 3 is 2.36 bits per heavy atom. The van der Waals surface area contributed by atoms with Crippen molar-refractivity contribution in [2.24, 2.45) is 0 Å². The van der Waals surface area contributed by atoms with Gasteiger partial charge >= 0.3 is 0 Å². The lowest BCUT2D eigenvalue weighted by atomic mass is 10.0. The van der Waals surface area contributed by atoms with Gasteiger partial charge in [-0.25, -0.2) is 8.42 Å². The third kappa shape index (κ3) is 4.29. The first-order valence-electron chi connectivity index (χ1n) is 8.38. The van der Waals surface area contributed by atoms with E-state index in [9.17, 15) is 18.5 Å². The van der Waals surface area contributed by atoms with E-state index >= 15 is 0 Å². The molecule has 144 valence electrons. The fourth-order valence-electron chi connectivity index (χ4n) is 2.78. The number of ether oxygens (including phenoxy) is 1. The Kier molecular flexibility index (Phi) is 5.60. The summed E-state index contributed by atoms with van der Waals surface area (Å²) in [5, 5.41) is 10.9. The van der Waals surface area contributed by atoms with Crippen LogP contribution < -0.4 is 9.46 Å². The number of nitrogens with one attached hydrogen (secondary N) is 1. The zero-order valence-corrected chi connectivity index (χ0v) is 15.8. The molecule has 0 aromatic heterocycles. The number of para-hydroxylation sites is 1. The van der Waals surface area contributed by atoms with Crippen molar-refractivity contribution in [2.75, 3.05) is 11.8 Å². The molecule has 1 N–H and O–H groups in total. The molecule has 0 unspecified atom stereocenters. The average Bonchev–Trinajstić information content (AvgIpc) is 2.69. The molecule has 3 rings (SSSR count). The summed E-state index contributed by atoms with van der Waals surface area (Å²) in [4.78, 5) is 10.1. The fraction of sp³-hybridized carbons (Fsp3) is 0.100. The zero-order chi connectivity index (χ0) is 20.1. The van der Waals surface area contributed by atoms with E-state index < -0.39 is 14.9 Å².